The van der Waals surface area contributed by atoms with Gasteiger partial charge in [0.2, 0.25) is 0 Å². The predicted octanol–water partition coefficient (Wildman–Crippen LogP) is 2.73. The van der Waals surface area contributed by atoms with Gasteiger partial charge in [-0.2, -0.15) is 0 Å². The summed E-state index contributed by atoms with van der Waals surface area (Å²) in [5.74, 6) is 0.857. The van der Waals surface area contributed by atoms with Crippen LogP contribution in [0.1, 0.15) is 29.5 Å². The lowest BCUT2D eigenvalue weighted by atomic mass is 10.0. The predicted molar refractivity (Wildman–Crippen MR) is 67.4 cm³/mol. The summed E-state index contributed by atoms with van der Waals surface area (Å²) < 4.78 is 5.43. The van der Waals surface area contributed by atoms with Crippen LogP contribution < -0.4 is 10.5 Å². The highest BCUT2D eigenvalue weighted by molar-refractivity contribution is 6.33. The maximum Gasteiger partial charge on any atom is 0.140 e. The average Bonchev–Trinajstić information content (AvgIpc) is 2.75. The summed E-state index contributed by atoms with van der Waals surface area (Å²) in [7, 11) is 1.69. The lowest BCUT2D eigenvalue weighted by Gasteiger charge is -2.14. The van der Waals surface area contributed by atoms with Crippen molar-refractivity contribution in [3.8, 4) is 5.75 Å². The van der Waals surface area contributed by atoms with E-state index in [-0.39, 0.29) is 0 Å². The number of rotatable bonds is 4. The largest absolute Gasteiger partial charge is 0.495 e. The molecule has 2 rings (SSSR count). The molecule has 1 aliphatic rings. The van der Waals surface area contributed by atoms with E-state index in [0.29, 0.717) is 6.54 Å². The Morgan fingerprint density at radius 1 is 1.44 bits per heavy atom. The molecule has 16 heavy (non-hydrogen) atoms. The SMILES string of the molecule is COc1c(CCCN)cc2c(c1Cl)CCC2. The number of benzene rings is 1. The van der Waals surface area contributed by atoms with Crippen LogP contribution in [0.25, 0.3) is 0 Å². The third-order valence-electron chi connectivity index (χ3n) is 3.22. The standard InChI is InChI=1S/C13H18ClNO/c1-16-13-10(5-3-7-15)8-9-4-2-6-11(9)12(13)14/h8H,2-7,15H2,1H3. The number of methoxy groups -OCH3 is 1. The second-order valence-corrected chi connectivity index (χ2v) is 4.64. The molecule has 0 spiro atoms. The van der Waals surface area contributed by atoms with E-state index in [0.717, 1.165) is 36.5 Å². The minimum atomic E-state index is 0.706. The second-order valence-electron chi connectivity index (χ2n) is 4.27. The van der Waals surface area contributed by atoms with Gasteiger partial charge in [-0.15, -0.1) is 0 Å². The summed E-state index contributed by atoms with van der Waals surface area (Å²) in [6.07, 6.45) is 5.37. The van der Waals surface area contributed by atoms with Gasteiger partial charge in [-0.1, -0.05) is 17.7 Å². The van der Waals surface area contributed by atoms with Crippen LogP contribution in [0.15, 0.2) is 6.07 Å². The molecule has 1 aromatic carbocycles. The fourth-order valence-corrected chi connectivity index (χ4v) is 2.84. The molecule has 0 amide bonds. The van der Waals surface area contributed by atoms with E-state index in [1.54, 1.807) is 7.11 Å². The van der Waals surface area contributed by atoms with E-state index in [4.69, 9.17) is 22.1 Å². The van der Waals surface area contributed by atoms with Crippen LogP contribution in [0.2, 0.25) is 5.02 Å². The van der Waals surface area contributed by atoms with Gasteiger partial charge >= 0.3 is 0 Å². The number of aryl methyl sites for hydroxylation is 2. The summed E-state index contributed by atoms with van der Waals surface area (Å²) in [5.41, 5.74) is 9.44. The quantitative estimate of drug-likeness (QED) is 0.877. The fraction of sp³-hybridized carbons (Fsp3) is 0.538. The highest BCUT2D eigenvalue weighted by Gasteiger charge is 2.20. The van der Waals surface area contributed by atoms with Crippen molar-refractivity contribution in [1.29, 1.82) is 0 Å². The zero-order chi connectivity index (χ0) is 11.5. The van der Waals surface area contributed by atoms with Crippen molar-refractivity contribution in [1.82, 2.24) is 0 Å². The Morgan fingerprint density at radius 3 is 2.94 bits per heavy atom. The molecule has 88 valence electrons. The number of nitrogens with two attached hydrogens (primary N) is 1. The summed E-state index contributed by atoms with van der Waals surface area (Å²) in [4.78, 5) is 0. The van der Waals surface area contributed by atoms with Crippen LogP contribution in [0.3, 0.4) is 0 Å². The topological polar surface area (TPSA) is 35.2 Å². The van der Waals surface area contributed by atoms with Crippen molar-refractivity contribution in [2.75, 3.05) is 13.7 Å². The Bertz CT molecular complexity index is 390. The lowest BCUT2D eigenvalue weighted by Crippen LogP contribution is -2.03. The lowest BCUT2D eigenvalue weighted by molar-refractivity contribution is 0.409. The monoisotopic (exact) mass is 239 g/mol. The molecule has 2 nitrogen and oxygen atoms in total. The molecule has 3 heteroatoms. The average molecular weight is 240 g/mol. The zero-order valence-electron chi connectivity index (χ0n) is 9.68. The number of hydrogen-bond donors (Lipinski definition) is 1. The maximum atomic E-state index is 6.38. The van der Waals surface area contributed by atoms with Crippen molar-refractivity contribution < 1.29 is 4.74 Å². The minimum absolute atomic E-state index is 0.706. The molecule has 0 atom stereocenters. The van der Waals surface area contributed by atoms with E-state index in [1.165, 1.54) is 23.1 Å². The van der Waals surface area contributed by atoms with E-state index < -0.39 is 0 Å². The Kier molecular flexibility index (Phi) is 3.72. The van der Waals surface area contributed by atoms with Gasteiger partial charge in [-0.25, -0.2) is 0 Å². The smallest absolute Gasteiger partial charge is 0.140 e. The van der Waals surface area contributed by atoms with E-state index in [1.807, 2.05) is 0 Å². The van der Waals surface area contributed by atoms with Gasteiger partial charge in [0.15, 0.2) is 0 Å². The van der Waals surface area contributed by atoms with Crippen LogP contribution >= 0.6 is 11.6 Å². The Balaban J connectivity index is 2.39. The highest BCUT2D eigenvalue weighted by Crippen LogP contribution is 2.39. The van der Waals surface area contributed by atoms with Crippen molar-refractivity contribution >= 4 is 11.6 Å². The molecule has 0 unspecified atom stereocenters. The summed E-state index contributed by atoms with van der Waals surface area (Å²) in [6, 6.07) is 2.25. The summed E-state index contributed by atoms with van der Waals surface area (Å²) >= 11 is 6.38. The third kappa shape index (κ3) is 2.04. The first-order valence-corrected chi connectivity index (χ1v) is 6.23. The molecule has 0 aliphatic heterocycles. The Labute approximate surface area is 102 Å². The molecule has 0 heterocycles. The van der Waals surface area contributed by atoms with Gasteiger partial charge in [0.05, 0.1) is 12.1 Å². The van der Waals surface area contributed by atoms with Gasteiger partial charge in [0, 0.05) is 0 Å². The molecule has 0 saturated heterocycles. The van der Waals surface area contributed by atoms with E-state index in [2.05, 4.69) is 6.07 Å². The Morgan fingerprint density at radius 2 is 2.25 bits per heavy atom. The normalized spacial score (nSPS) is 13.9. The number of ether oxygens (including phenoxy) is 1. The third-order valence-corrected chi connectivity index (χ3v) is 3.62. The van der Waals surface area contributed by atoms with Crippen molar-refractivity contribution in [3.63, 3.8) is 0 Å². The number of halogens is 1. The molecule has 0 fully saturated rings. The zero-order valence-corrected chi connectivity index (χ0v) is 10.4. The molecule has 1 aromatic rings. The molecular formula is C13H18ClNO. The van der Waals surface area contributed by atoms with Crippen LogP contribution in [0, 0.1) is 0 Å². The first-order chi connectivity index (χ1) is 7.77. The number of fused-ring (bicyclic) bond motifs is 1. The van der Waals surface area contributed by atoms with Crippen molar-refractivity contribution in [2.24, 2.45) is 5.73 Å². The van der Waals surface area contributed by atoms with Crippen LogP contribution in [0.5, 0.6) is 5.75 Å². The molecular weight excluding hydrogens is 222 g/mol. The van der Waals surface area contributed by atoms with Crippen molar-refractivity contribution in [2.45, 2.75) is 32.1 Å². The van der Waals surface area contributed by atoms with Crippen LogP contribution in [-0.4, -0.2) is 13.7 Å². The van der Waals surface area contributed by atoms with Gasteiger partial charge in [0.1, 0.15) is 5.75 Å². The highest BCUT2D eigenvalue weighted by atomic mass is 35.5. The maximum absolute atomic E-state index is 6.38. The van der Waals surface area contributed by atoms with E-state index >= 15 is 0 Å². The number of hydrogen-bond acceptors (Lipinski definition) is 2. The molecule has 2 N–H and O–H groups in total. The fourth-order valence-electron chi connectivity index (χ4n) is 2.43. The van der Waals surface area contributed by atoms with Gasteiger partial charge in [-0.3, -0.25) is 0 Å². The van der Waals surface area contributed by atoms with Crippen LogP contribution in [0.4, 0.5) is 0 Å². The molecule has 0 bridgehead atoms. The molecule has 0 aromatic heterocycles. The first-order valence-electron chi connectivity index (χ1n) is 5.85. The second kappa shape index (κ2) is 5.07. The Hall–Kier alpha value is -0.730. The van der Waals surface area contributed by atoms with E-state index in [9.17, 15) is 0 Å². The van der Waals surface area contributed by atoms with Gasteiger partial charge < -0.3 is 10.5 Å². The van der Waals surface area contributed by atoms with Crippen molar-refractivity contribution in [3.05, 3.63) is 27.8 Å². The summed E-state index contributed by atoms with van der Waals surface area (Å²) in [6.45, 7) is 0.706. The van der Waals surface area contributed by atoms with Crippen LogP contribution in [-0.2, 0) is 19.3 Å². The summed E-state index contributed by atoms with van der Waals surface area (Å²) in [5, 5.41) is 0.824. The minimum Gasteiger partial charge on any atom is -0.495 e. The first kappa shape index (κ1) is 11.7. The van der Waals surface area contributed by atoms with Gasteiger partial charge in [0.25, 0.3) is 0 Å². The molecule has 1 aliphatic carbocycles. The molecule has 0 saturated carbocycles. The van der Waals surface area contributed by atoms with Gasteiger partial charge in [-0.05, 0) is 55.3 Å². The molecule has 0 radical (unpaired) electrons.